The van der Waals surface area contributed by atoms with Crippen LogP contribution in [0.15, 0.2) is 67.1 Å². The van der Waals surface area contributed by atoms with Crippen LogP contribution in [-0.4, -0.2) is 40.2 Å². The lowest BCUT2D eigenvalue weighted by Gasteiger charge is -2.37. The number of nitrogens with one attached hydrogen (secondary N) is 2. The molecule has 7 heteroatoms. The first-order chi connectivity index (χ1) is 14.7. The average Bonchev–Trinajstić information content (AvgIpc) is 3.24. The van der Waals surface area contributed by atoms with Crippen molar-refractivity contribution in [3.8, 4) is 5.75 Å². The molecule has 1 aliphatic heterocycles. The Bertz CT molecular complexity index is 955. The van der Waals surface area contributed by atoms with E-state index in [-0.39, 0.29) is 12.1 Å². The second-order valence-corrected chi connectivity index (χ2v) is 7.48. The van der Waals surface area contributed by atoms with E-state index in [9.17, 15) is 4.79 Å². The number of nitrogens with zero attached hydrogens (tertiary/aromatic N) is 3. The molecule has 3 heterocycles. The summed E-state index contributed by atoms with van der Waals surface area (Å²) in [5, 5.41) is 5.97. The lowest BCUT2D eigenvalue weighted by molar-refractivity contribution is 0.129. The highest BCUT2D eigenvalue weighted by Crippen LogP contribution is 2.20. The van der Waals surface area contributed by atoms with Gasteiger partial charge in [0.1, 0.15) is 5.75 Å². The van der Waals surface area contributed by atoms with Gasteiger partial charge in [-0.05, 0) is 41.5 Å². The van der Waals surface area contributed by atoms with Gasteiger partial charge in [0.15, 0.2) is 0 Å². The Morgan fingerprint density at radius 3 is 2.77 bits per heavy atom. The van der Waals surface area contributed by atoms with E-state index < -0.39 is 0 Å². The van der Waals surface area contributed by atoms with Crippen molar-refractivity contribution in [2.24, 2.45) is 0 Å². The standard InChI is InChI=1S/C23H27N5O2/c1-30-22-8-6-18(7-9-22)13-25-23(29)26-14-21-17-27-11-3-5-20(27)16-28(21)15-19-4-2-10-24-12-19/h2-12,21H,13-17H2,1H3,(H2,25,26,29). The zero-order valence-electron chi connectivity index (χ0n) is 17.1. The van der Waals surface area contributed by atoms with E-state index >= 15 is 0 Å². The summed E-state index contributed by atoms with van der Waals surface area (Å²) in [5.74, 6) is 0.804. The first-order valence-corrected chi connectivity index (χ1v) is 10.1. The Kier molecular flexibility index (Phi) is 6.29. The smallest absolute Gasteiger partial charge is 0.315 e. The van der Waals surface area contributed by atoms with E-state index in [1.807, 2.05) is 36.5 Å². The minimum absolute atomic E-state index is 0.162. The highest BCUT2D eigenvalue weighted by Gasteiger charge is 2.26. The van der Waals surface area contributed by atoms with Crippen molar-refractivity contribution in [2.75, 3.05) is 13.7 Å². The number of aromatic nitrogens is 2. The summed E-state index contributed by atoms with van der Waals surface area (Å²) >= 11 is 0. The van der Waals surface area contributed by atoms with Crippen molar-refractivity contribution in [3.63, 3.8) is 0 Å². The number of carbonyl (C=O) groups is 1. The molecule has 7 nitrogen and oxygen atoms in total. The summed E-state index contributed by atoms with van der Waals surface area (Å²) in [6.45, 7) is 3.55. The van der Waals surface area contributed by atoms with Gasteiger partial charge in [-0.3, -0.25) is 9.88 Å². The average molecular weight is 406 g/mol. The van der Waals surface area contributed by atoms with Crippen molar-refractivity contribution in [1.29, 1.82) is 0 Å². The lowest BCUT2D eigenvalue weighted by Crippen LogP contribution is -2.50. The number of urea groups is 1. The molecule has 3 aromatic rings. The van der Waals surface area contributed by atoms with Gasteiger partial charge in [-0.15, -0.1) is 0 Å². The summed E-state index contributed by atoms with van der Waals surface area (Å²) in [6, 6.07) is 16.0. The van der Waals surface area contributed by atoms with Gasteiger partial charge in [0.05, 0.1) is 7.11 Å². The molecule has 1 aliphatic rings. The molecule has 2 N–H and O–H groups in total. The predicted molar refractivity (Wildman–Crippen MR) is 115 cm³/mol. The largest absolute Gasteiger partial charge is 0.497 e. The maximum Gasteiger partial charge on any atom is 0.315 e. The number of rotatable bonds is 7. The molecule has 4 rings (SSSR count). The maximum atomic E-state index is 12.4. The van der Waals surface area contributed by atoms with Gasteiger partial charge in [0.25, 0.3) is 0 Å². The summed E-state index contributed by atoms with van der Waals surface area (Å²) in [7, 11) is 1.64. The van der Waals surface area contributed by atoms with E-state index in [2.05, 4.69) is 49.5 Å². The second-order valence-electron chi connectivity index (χ2n) is 7.48. The fraction of sp³-hybridized carbons (Fsp3) is 0.304. The summed E-state index contributed by atoms with van der Waals surface area (Å²) in [5.41, 5.74) is 3.49. The lowest BCUT2D eigenvalue weighted by atomic mass is 10.1. The monoisotopic (exact) mass is 405 g/mol. The molecule has 1 aromatic carbocycles. The topological polar surface area (TPSA) is 71.4 Å². The fourth-order valence-corrected chi connectivity index (χ4v) is 3.75. The van der Waals surface area contributed by atoms with Gasteiger partial charge < -0.3 is 19.9 Å². The normalized spacial score (nSPS) is 16.0. The molecule has 156 valence electrons. The number of carbonyl (C=O) groups excluding carboxylic acids is 1. The quantitative estimate of drug-likeness (QED) is 0.634. The van der Waals surface area contributed by atoms with E-state index in [1.54, 1.807) is 13.3 Å². The van der Waals surface area contributed by atoms with Crippen molar-refractivity contribution < 1.29 is 9.53 Å². The molecule has 0 saturated carbocycles. The second kappa shape index (κ2) is 9.45. The van der Waals surface area contributed by atoms with E-state index in [1.165, 1.54) is 11.3 Å². The Morgan fingerprint density at radius 1 is 1.13 bits per heavy atom. The SMILES string of the molecule is COc1ccc(CNC(=O)NCC2Cn3cccc3CN2Cc2cccnc2)cc1. The number of hydrogen-bond acceptors (Lipinski definition) is 4. The van der Waals surface area contributed by atoms with Crippen LogP contribution in [0, 0.1) is 0 Å². The Morgan fingerprint density at radius 2 is 2.00 bits per heavy atom. The van der Waals surface area contributed by atoms with Crippen LogP contribution < -0.4 is 15.4 Å². The number of ether oxygens (including phenoxy) is 1. The number of fused-ring (bicyclic) bond motifs is 1. The molecular weight excluding hydrogens is 378 g/mol. The summed E-state index contributed by atoms with van der Waals surface area (Å²) in [4.78, 5) is 19.0. The number of hydrogen-bond donors (Lipinski definition) is 2. The van der Waals surface area contributed by atoms with Crippen LogP contribution in [0.4, 0.5) is 4.79 Å². The highest BCUT2D eigenvalue weighted by atomic mass is 16.5. The zero-order valence-corrected chi connectivity index (χ0v) is 17.1. The third kappa shape index (κ3) is 4.99. The van der Waals surface area contributed by atoms with Gasteiger partial charge in [-0.1, -0.05) is 18.2 Å². The van der Waals surface area contributed by atoms with Crippen LogP contribution >= 0.6 is 0 Å². The molecule has 30 heavy (non-hydrogen) atoms. The highest BCUT2D eigenvalue weighted by molar-refractivity contribution is 5.73. The zero-order chi connectivity index (χ0) is 20.8. The molecule has 2 aromatic heterocycles. The number of amides is 2. The fourth-order valence-electron chi connectivity index (χ4n) is 3.75. The van der Waals surface area contributed by atoms with Gasteiger partial charge in [-0.25, -0.2) is 4.79 Å². The molecule has 2 amide bonds. The molecule has 0 spiro atoms. The van der Waals surface area contributed by atoms with E-state index in [4.69, 9.17) is 4.74 Å². The van der Waals surface area contributed by atoms with Gasteiger partial charge in [0.2, 0.25) is 0 Å². The van der Waals surface area contributed by atoms with Crippen molar-refractivity contribution in [2.45, 2.75) is 32.2 Å². The molecule has 1 unspecified atom stereocenters. The summed E-state index contributed by atoms with van der Waals surface area (Å²) < 4.78 is 7.43. The van der Waals surface area contributed by atoms with Crippen LogP contribution in [0.5, 0.6) is 5.75 Å². The molecule has 0 radical (unpaired) electrons. The predicted octanol–water partition coefficient (Wildman–Crippen LogP) is 2.78. The van der Waals surface area contributed by atoms with Gasteiger partial charge in [0, 0.05) is 63.1 Å². The maximum absolute atomic E-state index is 12.4. The first-order valence-electron chi connectivity index (χ1n) is 10.1. The van der Waals surface area contributed by atoms with Crippen molar-refractivity contribution >= 4 is 6.03 Å². The van der Waals surface area contributed by atoms with Gasteiger partial charge >= 0.3 is 6.03 Å². The Labute approximate surface area is 176 Å². The van der Waals surface area contributed by atoms with Crippen LogP contribution in [0.25, 0.3) is 0 Å². The minimum Gasteiger partial charge on any atom is -0.497 e. The van der Waals surface area contributed by atoms with Crippen LogP contribution in [-0.2, 0) is 26.2 Å². The molecule has 1 atom stereocenters. The molecule has 0 saturated heterocycles. The Hall–Kier alpha value is -3.32. The number of methoxy groups -OCH3 is 1. The van der Waals surface area contributed by atoms with Crippen LogP contribution in [0.3, 0.4) is 0 Å². The molecule has 0 aliphatic carbocycles. The third-order valence-corrected chi connectivity index (χ3v) is 5.43. The van der Waals surface area contributed by atoms with E-state index in [0.717, 1.165) is 30.9 Å². The van der Waals surface area contributed by atoms with Crippen LogP contribution in [0.2, 0.25) is 0 Å². The minimum atomic E-state index is -0.162. The number of pyridine rings is 1. The van der Waals surface area contributed by atoms with Crippen molar-refractivity contribution in [3.05, 3.63) is 83.9 Å². The van der Waals surface area contributed by atoms with Gasteiger partial charge in [-0.2, -0.15) is 0 Å². The first kappa shape index (κ1) is 20.0. The van der Waals surface area contributed by atoms with Crippen molar-refractivity contribution in [1.82, 2.24) is 25.1 Å². The molecule has 0 bridgehead atoms. The molecular formula is C23H27N5O2. The Balaban J connectivity index is 1.33. The van der Waals surface area contributed by atoms with Crippen LogP contribution in [0.1, 0.15) is 16.8 Å². The molecule has 0 fully saturated rings. The third-order valence-electron chi connectivity index (χ3n) is 5.43. The van der Waals surface area contributed by atoms with E-state index in [0.29, 0.717) is 13.1 Å². The number of benzene rings is 1. The summed E-state index contributed by atoms with van der Waals surface area (Å²) in [6.07, 6.45) is 5.80.